The van der Waals surface area contributed by atoms with Gasteiger partial charge in [0.05, 0.1) is 17.3 Å². The highest BCUT2D eigenvalue weighted by molar-refractivity contribution is 6.31. The minimum atomic E-state index is -1.02. The molecule has 0 bridgehead atoms. The van der Waals surface area contributed by atoms with Gasteiger partial charge in [-0.3, -0.25) is 4.98 Å². The number of carbonyl (C=O) groups is 1. The summed E-state index contributed by atoms with van der Waals surface area (Å²) in [5.41, 5.74) is 1.51. The topological polar surface area (TPSA) is 62.2 Å². The summed E-state index contributed by atoms with van der Waals surface area (Å²) in [6.45, 7) is 1.92. The third kappa shape index (κ3) is 3.23. The number of carboxylic acid groups (broad SMARTS) is 1. The molecule has 5 heteroatoms. The average Bonchev–Trinajstić information content (AvgIpc) is 2.41. The SMILES string of the molecule is CC(Nc1ccc(Cl)cc1C(=O)O)c1ccccn1. The smallest absolute Gasteiger partial charge is 0.337 e. The van der Waals surface area contributed by atoms with E-state index in [1.807, 2.05) is 25.1 Å². The zero-order valence-corrected chi connectivity index (χ0v) is 11.1. The number of nitrogens with zero attached hydrogens (tertiary/aromatic N) is 1. The van der Waals surface area contributed by atoms with Crippen molar-refractivity contribution in [2.24, 2.45) is 0 Å². The zero-order valence-electron chi connectivity index (χ0n) is 10.3. The van der Waals surface area contributed by atoms with E-state index >= 15 is 0 Å². The number of nitrogens with one attached hydrogen (secondary N) is 1. The first-order valence-corrected chi connectivity index (χ1v) is 6.16. The molecule has 2 aromatic rings. The largest absolute Gasteiger partial charge is 0.478 e. The first-order valence-electron chi connectivity index (χ1n) is 5.78. The zero-order chi connectivity index (χ0) is 13.8. The average molecular weight is 277 g/mol. The molecular weight excluding hydrogens is 264 g/mol. The summed E-state index contributed by atoms with van der Waals surface area (Å²) in [5.74, 6) is -1.02. The first-order chi connectivity index (χ1) is 9.08. The van der Waals surface area contributed by atoms with Crippen LogP contribution in [0.2, 0.25) is 5.02 Å². The highest BCUT2D eigenvalue weighted by Crippen LogP contribution is 2.24. The highest BCUT2D eigenvalue weighted by atomic mass is 35.5. The minimum Gasteiger partial charge on any atom is -0.478 e. The predicted molar refractivity (Wildman–Crippen MR) is 74.7 cm³/mol. The highest BCUT2D eigenvalue weighted by Gasteiger charge is 2.13. The standard InChI is InChI=1S/C14H13ClN2O2/c1-9(12-4-2-3-7-16-12)17-13-6-5-10(15)8-11(13)14(18)19/h2-9,17H,1H3,(H,18,19). The van der Waals surface area contributed by atoms with E-state index in [4.69, 9.17) is 16.7 Å². The van der Waals surface area contributed by atoms with Crippen molar-refractivity contribution in [3.63, 3.8) is 0 Å². The number of halogens is 1. The molecule has 0 aliphatic carbocycles. The van der Waals surface area contributed by atoms with E-state index in [9.17, 15) is 4.79 Å². The molecule has 1 atom stereocenters. The van der Waals surface area contributed by atoms with Crippen LogP contribution in [0, 0.1) is 0 Å². The van der Waals surface area contributed by atoms with Crippen LogP contribution < -0.4 is 5.32 Å². The van der Waals surface area contributed by atoms with Crippen LogP contribution in [0.5, 0.6) is 0 Å². The molecule has 1 unspecified atom stereocenters. The van der Waals surface area contributed by atoms with Crippen molar-refractivity contribution in [3.8, 4) is 0 Å². The molecule has 0 radical (unpaired) electrons. The summed E-state index contributed by atoms with van der Waals surface area (Å²) < 4.78 is 0. The Kier molecular flexibility index (Phi) is 4.02. The molecule has 1 heterocycles. The number of rotatable bonds is 4. The van der Waals surface area contributed by atoms with Gasteiger partial charge in [0.2, 0.25) is 0 Å². The van der Waals surface area contributed by atoms with Crippen LogP contribution in [-0.2, 0) is 0 Å². The molecule has 4 nitrogen and oxygen atoms in total. The number of hydrogen-bond donors (Lipinski definition) is 2. The van der Waals surface area contributed by atoms with Crippen molar-refractivity contribution in [1.82, 2.24) is 4.98 Å². The van der Waals surface area contributed by atoms with E-state index < -0.39 is 5.97 Å². The quantitative estimate of drug-likeness (QED) is 0.895. The first kappa shape index (κ1) is 13.4. The predicted octanol–water partition coefficient (Wildman–Crippen LogP) is 3.61. The summed E-state index contributed by atoms with van der Waals surface area (Å²) >= 11 is 5.81. The van der Waals surface area contributed by atoms with Crippen molar-refractivity contribution in [2.45, 2.75) is 13.0 Å². The second kappa shape index (κ2) is 5.71. The molecule has 0 aliphatic rings. The summed E-state index contributed by atoms with van der Waals surface area (Å²) in [4.78, 5) is 15.4. The fraction of sp³-hybridized carbons (Fsp3) is 0.143. The van der Waals surface area contributed by atoms with Gasteiger partial charge in [0.15, 0.2) is 0 Å². The molecule has 1 aromatic carbocycles. The fourth-order valence-electron chi connectivity index (χ4n) is 1.76. The summed E-state index contributed by atoms with van der Waals surface area (Å²) in [6.07, 6.45) is 1.70. The van der Waals surface area contributed by atoms with Crippen LogP contribution in [-0.4, -0.2) is 16.1 Å². The molecular formula is C14H13ClN2O2. The maximum Gasteiger partial charge on any atom is 0.337 e. The number of hydrogen-bond acceptors (Lipinski definition) is 3. The molecule has 2 rings (SSSR count). The molecule has 0 amide bonds. The molecule has 0 spiro atoms. The molecule has 1 aromatic heterocycles. The van der Waals surface area contributed by atoms with E-state index in [2.05, 4.69) is 10.3 Å². The van der Waals surface area contributed by atoms with E-state index in [0.29, 0.717) is 10.7 Å². The van der Waals surface area contributed by atoms with Gasteiger partial charge in [-0.2, -0.15) is 0 Å². The van der Waals surface area contributed by atoms with E-state index in [-0.39, 0.29) is 11.6 Å². The van der Waals surface area contributed by atoms with Gasteiger partial charge in [-0.15, -0.1) is 0 Å². The normalized spacial score (nSPS) is 11.9. The van der Waals surface area contributed by atoms with Gasteiger partial charge in [-0.25, -0.2) is 4.79 Å². The van der Waals surface area contributed by atoms with Gasteiger partial charge in [0.25, 0.3) is 0 Å². The van der Waals surface area contributed by atoms with Crippen molar-refractivity contribution in [1.29, 1.82) is 0 Å². The molecule has 2 N–H and O–H groups in total. The van der Waals surface area contributed by atoms with Gasteiger partial charge in [0.1, 0.15) is 0 Å². The Bertz CT molecular complexity index is 587. The van der Waals surface area contributed by atoms with Crippen LogP contribution in [0.3, 0.4) is 0 Å². The lowest BCUT2D eigenvalue weighted by molar-refractivity contribution is 0.0698. The fourth-order valence-corrected chi connectivity index (χ4v) is 1.93. The van der Waals surface area contributed by atoms with Crippen LogP contribution in [0.25, 0.3) is 0 Å². The van der Waals surface area contributed by atoms with E-state index in [0.717, 1.165) is 5.69 Å². The van der Waals surface area contributed by atoms with E-state index in [1.165, 1.54) is 6.07 Å². The van der Waals surface area contributed by atoms with E-state index in [1.54, 1.807) is 18.3 Å². The number of aromatic carboxylic acids is 1. The van der Waals surface area contributed by atoms with Crippen LogP contribution >= 0.6 is 11.6 Å². The van der Waals surface area contributed by atoms with Gasteiger partial charge in [0, 0.05) is 16.9 Å². The Labute approximate surface area is 116 Å². The van der Waals surface area contributed by atoms with Crippen molar-refractivity contribution in [3.05, 3.63) is 58.9 Å². The monoisotopic (exact) mass is 276 g/mol. The number of pyridine rings is 1. The number of benzene rings is 1. The second-order valence-electron chi connectivity index (χ2n) is 4.12. The maximum atomic E-state index is 11.2. The molecule has 19 heavy (non-hydrogen) atoms. The third-order valence-corrected chi connectivity index (χ3v) is 2.95. The summed E-state index contributed by atoms with van der Waals surface area (Å²) in [7, 11) is 0. The lowest BCUT2D eigenvalue weighted by atomic mass is 10.1. The second-order valence-corrected chi connectivity index (χ2v) is 4.55. The maximum absolute atomic E-state index is 11.2. The van der Waals surface area contributed by atoms with Crippen molar-refractivity contribution in [2.75, 3.05) is 5.32 Å². The molecule has 98 valence electrons. The van der Waals surface area contributed by atoms with Gasteiger partial charge < -0.3 is 10.4 Å². The van der Waals surface area contributed by atoms with Crippen molar-refractivity contribution < 1.29 is 9.90 Å². The molecule has 0 aliphatic heterocycles. The van der Waals surface area contributed by atoms with Gasteiger partial charge in [-0.05, 0) is 37.3 Å². The van der Waals surface area contributed by atoms with Gasteiger partial charge >= 0.3 is 5.97 Å². The summed E-state index contributed by atoms with van der Waals surface area (Å²) in [5, 5.41) is 12.7. The Balaban J connectivity index is 2.26. The van der Waals surface area contributed by atoms with Crippen molar-refractivity contribution >= 4 is 23.3 Å². The van der Waals surface area contributed by atoms with Crippen LogP contribution in [0.4, 0.5) is 5.69 Å². The molecule has 0 fully saturated rings. The summed E-state index contributed by atoms with van der Waals surface area (Å²) in [6, 6.07) is 10.3. The van der Waals surface area contributed by atoms with Gasteiger partial charge in [-0.1, -0.05) is 17.7 Å². The Morgan fingerprint density at radius 2 is 2.16 bits per heavy atom. The van der Waals surface area contributed by atoms with Crippen LogP contribution in [0.15, 0.2) is 42.6 Å². The Hall–Kier alpha value is -2.07. The Morgan fingerprint density at radius 1 is 1.37 bits per heavy atom. The molecule has 0 saturated heterocycles. The lowest BCUT2D eigenvalue weighted by Crippen LogP contribution is -2.11. The lowest BCUT2D eigenvalue weighted by Gasteiger charge is -2.16. The number of anilines is 1. The molecule has 0 saturated carbocycles. The third-order valence-electron chi connectivity index (χ3n) is 2.72. The number of aromatic nitrogens is 1. The minimum absolute atomic E-state index is 0.0968. The number of carboxylic acids is 1. The van der Waals surface area contributed by atoms with Crippen LogP contribution in [0.1, 0.15) is 29.0 Å². The Morgan fingerprint density at radius 3 is 2.79 bits per heavy atom.